The van der Waals surface area contributed by atoms with E-state index in [1.54, 1.807) is 48.9 Å². The Bertz CT molecular complexity index is 1360. The maximum Gasteiger partial charge on any atom is 0.261 e. The number of nitrogens with two attached hydrogens (primary N) is 1. The summed E-state index contributed by atoms with van der Waals surface area (Å²) in [7, 11) is 0. The highest BCUT2D eigenvalue weighted by atomic mass is 16.3. The summed E-state index contributed by atoms with van der Waals surface area (Å²) in [6, 6.07) is 10.4. The third-order valence-corrected chi connectivity index (χ3v) is 5.12. The van der Waals surface area contributed by atoms with Gasteiger partial charge in [0.1, 0.15) is 5.69 Å². The van der Waals surface area contributed by atoms with Crippen LogP contribution in [0.5, 0.6) is 0 Å². The largest absolute Gasteiger partial charge is 0.461 e. The second-order valence-corrected chi connectivity index (χ2v) is 7.26. The van der Waals surface area contributed by atoms with Crippen LogP contribution in [0, 0.1) is 11.8 Å². The number of aromatic nitrogens is 4. The van der Waals surface area contributed by atoms with Crippen molar-refractivity contribution in [2.45, 2.75) is 19.3 Å². The minimum atomic E-state index is -0.230. The molecule has 1 aliphatic rings. The van der Waals surface area contributed by atoms with Crippen LogP contribution in [-0.2, 0) is 0 Å². The van der Waals surface area contributed by atoms with E-state index < -0.39 is 0 Å². The van der Waals surface area contributed by atoms with E-state index in [0.717, 1.165) is 6.42 Å². The van der Waals surface area contributed by atoms with Gasteiger partial charge in [-0.25, -0.2) is 14.5 Å². The molecule has 0 saturated heterocycles. The smallest absolute Gasteiger partial charge is 0.261 e. The summed E-state index contributed by atoms with van der Waals surface area (Å²) in [6.07, 6.45) is 5.22. The number of nitrogens with zero attached hydrogens (tertiary/aromatic N) is 5. The van der Waals surface area contributed by atoms with Gasteiger partial charge in [-0.3, -0.25) is 14.5 Å². The molecule has 0 aliphatic carbocycles. The van der Waals surface area contributed by atoms with Crippen molar-refractivity contribution < 1.29 is 14.0 Å². The van der Waals surface area contributed by atoms with Gasteiger partial charge in [0.05, 0.1) is 23.6 Å². The van der Waals surface area contributed by atoms with Crippen molar-refractivity contribution in [1.82, 2.24) is 24.5 Å². The molecule has 1 aliphatic heterocycles. The highest BCUT2D eigenvalue weighted by Gasteiger charge is 2.34. The molecule has 0 fully saturated rings. The van der Waals surface area contributed by atoms with E-state index >= 15 is 0 Å². The highest BCUT2D eigenvalue weighted by molar-refractivity contribution is 6.21. The molecule has 4 heterocycles. The van der Waals surface area contributed by atoms with Gasteiger partial charge in [-0.05, 0) is 43.0 Å². The number of imide groups is 1. The maximum absolute atomic E-state index is 12.4. The van der Waals surface area contributed by atoms with Gasteiger partial charge < -0.3 is 10.2 Å². The lowest BCUT2D eigenvalue weighted by atomic mass is 10.1. The van der Waals surface area contributed by atoms with E-state index in [-0.39, 0.29) is 17.6 Å². The van der Waals surface area contributed by atoms with Crippen LogP contribution in [0.2, 0.25) is 0 Å². The van der Waals surface area contributed by atoms with Crippen molar-refractivity contribution >= 4 is 23.3 Å². The van der Waals surface area contributed by atoms with E-state index in [2.05, 4.69) is 26.9 Å². The van der Waals surface area contributed by atoms with Gasteiger partial charge in [0.15, 0.2) is 17.2 Å². The molecule has 9 nitrogen and oxygen atoms in total. The molecule has 32 heavy (non-hydrogen) atoms. The van der Waals surface area contributed by atoms with Crippen LogP contribution in [0.15, 0.2) is 53.3 Å². The fraction of sp³-hybridized carbons (Fsp3) is 0.174. The van der Waals surface area contributed by atoms with E-state index in [9.17, 15) is 9.59 Å². The lowest BCUT2D eigenvalue weighted by Crippen LogP contribution is -2.30. The first-order valence-corrected chi connectivity index (χ1v) is 10.1. The van der Waals surface area contributed by atoms with Gasteiger partial charge in [0.25, 0.3) is 11.8 Å². The summed E-state index contributed by atoms with van der Waals surface area (Å²) >= 11 is 0. The summed E-state index contributed by atoms with van der Waals surface area (Å²) in [5.74, 6) is 6.77. The first kappa shape index (κ1) is 19.5. The molecule has 4 aromatic rings. The summed E-state index contributed by atoms with van der Waals surface area (Å²) in [5, 5.41) is 4.36. The van der Waals surface area contributed by atoms with E-state index in [1.807, 2.05) is 0 Å². The topological polar surface area (TPSA) is 120 Å². The zero-order valence-corrected chi connectivity index (χ0v) is 17.0. The van der Waals surface area contributed by atoms with Crippen molar-refractivity contribution in [3.63, 3.8) is 0 Å². The Morgan fingerprint density at radius 3 is 2.50 bits per heavy atom. The molecule has 1 aromatic carbocycles. The third kappa shape index (κ3) is 3.48. The Morgan fingerprint density at radius 2 is 1.78 bits per heavy atom. The third-order valence-electron chi connectivity index (χ3n) is 5.12. The van der Waals surface area contributed by atoms with Crippen LogP contribution in [-0.4, -0.2) is 42.8 Å². The summed E-state index contributed by atoms with van der Waals surface area (Å²) < 4.78 is 6.85. The molecule has 2 amide bonds. The van der Waals surface area contributed by atoms with Gasteiger partial charge in [-0.2, -0.15) is 0 Å². The fourth-order valence-corrected chi connectivity index (χ4v) is 3.56. The number of nitrogen functional groups attached to an aromatic ring is 1. The molecule has 0 unspecified atom stereocenters. The maximum atomic E-state index is 12.4. The Kier molecular flexibility index (Phi) is 4.88. The standard InChI is InChI=1S/C23H18N6O3/c24-19-21-26-20(18-11-7-13-32-18)27-29(21)14-15(25-19)8-3-1-2-6-12-28-22(30)16-9-4-5-10-17(16)23(28)31/h4-5,7,9-11,13-14H,1-2,6,12H2,(H2,24,25). The second-order valence-electron chi connectivity index (χ2n) is 7.26. The normalized spacial score (nSPS) is 12.8. The quantitative estimate of drug-likeness (QED) is 0.296. The van der Waals surface area contributed by atoms with E-state index in [1.165, 1.54) is 9.42 Å². The number of hydrogen-bond acceptors (Lipinski definition) is 7. The van der Waals surface area contributed by atoms with Gasteiger partial charge in [-0.1, -0.05) is 18.1 Å². The van der Waals surface area contributed by atoms with Crippen molar-refractivity contribution in [3.05, 3.63) is 65.7 Å². The molecular weight excluding hydrogens is 408 g/mol. The Hall–Kier alpha value is -4.45. The summed E-state index contributed by atoms with van der Waals surface area (Å²) in [5.41, 5.74) is 7.86. The van der Waals surface area contributed by atoms with Gasteiger partial charge >= 0.3 is 0 Å². The minimum Gasteiger partial charge on any atom is -0.461 e. The molecule has 2 N–H and O–H groups in total. The first-order chi connectivity index (χ1) is 15.6. The first-order valence-electron chi connectivity index (χ1n) is 10.1. The molecule has 158 valence electrons. The van der Waals surface area contributed by atoms with Crippen LogP contribution in [0.3, 0.4) is 0 Å². The SMILES string of the molecule is Nc1nc(C#CCCCCN2C(=O)c3ccccc3C2=O)cn2nc(-c3ccco3)nc12. The van der Waals surface area contributed by atoms with E-state index in [0.29, 0.717) is 53.4 Å². The van der Waals surface area contributed by atoms with Crippen LogP contribution in [0.1, 0.15) is 45.7 Å². The molecule has 0 atom stereocenters. The number of anilines is 1. The van der Waals surface area contributed by atoms with E-state index in [4.69, 9.17) is 10.2 Å². The van der Waals surface area contributed by atoms with Crippen LogP contribution in [0.25, 0.3) is 17.2 Å². The van der Waals surface area contributed by atoms with Crippen molar-refractivity contribution in [2.24, 2.45) is 0 Å². The lowest BCUT2D eigenvalue weighted by Gasteiger charge is -2.12. The van der Waals surface area contributed by atoms with Gasteiger partial charge in [0, 0.05) is 13.0 Å². The molecule has 0 bridgehead atoms. The number of carbonyl (C=O) groups excluding carboxylic acids is 2. The summed E-state index contributed by atoms with van der Waals surface area (Å²) in [4.78, 5) is 34.6. The number of amides is 2. The number of benzene rings is 1. The predicted molar refractivity (Wildman–Crippen MR) is 115 cm³/mol. The fourth-order valence-electron chi connectivity index (χ4n) is 3.56. The number of furan rings is 1. The van der Waals surface area contributed by atoms with Crippen molar-refractivity contribution in [3.8, 4) is 23.4 Å². The lowest BCUT2D eigenvalue weighted by molar-refractivity contribution is 0.0652. The van der Waals surface area contributed by atoms with Crippen LogP contribution < -0.4 is 5.73 Å². The predicted octanol–water partition coefficient (Wildman–Crippen LogP) is 2.78. The molecule has 0 radical (unpaired) electrons. The van der Waals surface area contributed by atoms with Gasteiger partial charge in [-0.15, -0.1) is 5.10 Å². The monoisotopic (exact) mass is 426 g/mol. The number of unbranched alkanes of at least 4 members (excludes halogenated alkanes) is 2. The highest BCUT2D eigenvalue weighted by Crippen LogP contribution is 2.23. The minimum absolute atomic E-state index is 0.229. The Labute approximate surface area is 182 Å². The molecule has 0 spiro atoms. The average Bonchev–Trinajstić information content (AvgIpc) is 3.52. The van der Waals surface area contributed by atoms with Crippen LogP contribution in [0.4, 0.5) is 5.82 Å². The van der Waals surface area contributed by atoms with Crippen LogP contribution >= 0.6 is 0 Å². The Morgan fingerprint density at radius 1 is 1.00 bits per heavy atom. The molecule has 0 saturated carbocycles. The van der Waals surface area contributed by atoms with Gasteiger partial charge in [0.2, 0.25) is 5.82 Å². The molecular formula is C23H18N6O3. The zero-order chi connectivity index (χ0) is 22.1. The molecule has 3 aromatic heterocycles. The van der Waals surface area contributed by atoms with Crippen molar-refractivity contribution in [1.29, 1.82) is 0 Å². The number of fused-ring (bicyclic) bond motifs is 2. The zero-order valence-electron chi connectivity index (χ0n) is 17.0. The second kappa shape index (κ2) is 8.00. The molecule has 9 heteroatoms. The molecule has 5 rings (SSSR count). The number of rotatable bonds is 5. The van der Waals surface area contributed by atoms with Crippen molar-refractivity contribution in [2.75, 3.05) is 12.3 Å². The Balaban J connectivity index is 1.19. The average molecular weight is 426 g/mol. The number of hydrogen-bond donors (Lipinski definition) is 1. The summed E-state index contributed by atoms with van der Waals surface area (Å²) in [6.45, 7) is 0.375. The number of carbonyl (C=O) groups is 2.